The zero-order valence-electron chi connectivity index (χ0n) is 28.4. The number of fused-ring (bicyclic) bond motifs is 1. The van der Waals surface area contributed by atoms with E-state index in [9.17, 15) is 19.5 Å². The first-order valence-corrected chi connectivity index (χ1v) is 7.55. The molecule has 4 atom stereocenters. The van der Waals surface area contributed by atoms with Gasteiger partial charge >= 0.3 is 0 Å². The van der Waals surface area contributed by atoms with Gasteiger partial charge in [0.1, 0.15) is 12.1 Å². The van der Waals surface area contributed by atoms with Crippen LogP contribution in [-0.4, -0.2) is 47.3 Å². The van der Waals surface area contributed by atoms with Crippen molar-refractivity contribution in [2.45, 2.75) is 45.6 Å². The Hall–Kier alpha value is -2.21. The molecule has 6 nitrogen and oxygen atoms in total. The fourth-order valence-electron chi connectivity index (χ4n) is 2.07. The molecule has 1 unspecified atom stereocenters. The average Bonchev–Trinajstić information content (AvgIpc) is 2.83. The zero-order valence-corrected chi connectivity index (χ0v) is 14.4. The second-order valence-electron chi connectivity index (χ2n) is 5.69. The summed E-state index contributed by atoms with van der Waals surface area (Å²) in [6.07, 6.45) is -7.07. The van der Waals surface area contributed by atoms with E-state index in [1.807, 2.05) is 0 Å². The molecule has 0 bridgehead atoms. The number of ketones is 1. The van der Waals surface area contributed by atoms with Crippen molar-refractivity contribution in [2.75, 3.05) is 13.5 Å². The van der Waals surface area contributed by atoms with Gasteiger partial charge in [-0.15, -0.1) is 0 Å². The van der Waals surface area contributed by atoms with Crippen LogP contribution in [0.3, 0.4) is 0 Å². The molecule has 1 aliphatic heterocycles. The van der Waals surface area contributed by atoms with Crippen LogP contribution in [0, 0.1) is 11.8 Å². The highest BCUT2D eigenvalue weighted by molar-refractivity contribution is 5.92. The molecule has 1 aromatic carbocycles. The first-order chi connectivity index (χ1) is 17.6. The summed E-state index contributed by atoms with van der Waals surface area (Å²) in [7, 11) is 0.738. The van der Waals surface area contributed by atoms with Crippen LogP contribution in [0.2, 0.25) is 0 Å². The summed E-state index contributed by atoms with van der Waals surface area (Å²) in [5.74, 6) is -10.1. The molecule has 0 spiro atoms. The van der Waals surface area contributed by atoms with Crippen LogP contribution < -0.4 is 5.32 Å². The van der Waals surface area contributed by atoms with Crippen LogP contribution >= 0.6 is 0 Å². The van der Waals surface area contributed by atoms with E-state index in [1.165, 1.54) is 0 Å². The van der Waals surface area contributed by atoms with Crippen molar-refractivity contribution in [3.8, 4) is 0 Å². The van der Waals surface area contributed by atoms with E-state index in [-0.39, 0.29) is 4.90 Å². The van der Waals surface area contributed by atoms with Gasteiger partial charge in [0, 0.05) is 38.2 Å². The summed E-state index contributed by atoms with van der Waals surface area (Å²) in [5, 5.41) is 12.0. The smallest absolute Gasteiger partial charge is 0.249 e. The quantitative estimate of drug-likeness (QED) is 0.789. The third-order valence-corrected chi connectivity index (χ3v) is 3.59. The Morgan fingerprint density at radius 1 is 1.54 bits per heavy atom. The summed E-state index contributed by atoms with van der Waals surface area (Å²) in [4.78, 5) is 39.4. The number of hydrogen-bond donors (Lipinski definition) is 2. The number of rotatable bonds is 6. The van der Waals surface area contributed by atoms with Crippen LogP contribution in [0.25, 0.3) is 0 Å². The molecule has 2 amide bonds. The van der Waals surface area contributed by atoms with Crippen molar-refractivity contribution in [1.29, 1.82) is 0 Å². The van der Waals surface area contributed by atoms with Crippen LogP contribution in [0.1, 0.15) is 63.5 Å². The Morgan fingerprint density at radius 2 is 2.23 bits per heavy atom. The molecule has 0 saturated heterocycles. The van der Waals surface area contributed by atoms with E-state index in [4.69, 9.17) is 19.2 Å². The normalized spacial score (nSPS) is 38.0. The molecule has 26 heavy (non-hydrogen) atoms. The third-order valence-electron chi connectivity index (χ3n) is 3.59. The molecule has 0 fully saturated rings. The van der Waals surface area contributed by atoms with Gasteiger partial charge in [0.15, 0.2) is 5.78 Å². The molecule has 0 saturated carbocycles. The van der Waals surface area contributed by atoms with Gasteiger partial charge in [-0.1, -0.05) is 44.9 Å². The second kappa shape index (κ2) is 8.45. The maximum atomic E-state index is 13.4. The lowest BCUT2D eigenvalue weighted by Gasteiger charge is -2.24. The molecule has 2 N–H and O–H groups in total. The minimum Gasteiger partial charge on any atom is -0.385 e. The molecule has 0 radical (unpaired) electrons. The number of carbonyl (C=O) groups excluding carboxylic acids is 3. The lowest BCUT2D eigenvalue weighted by atomic mass is 9.94. The first kappa shape index (κ1) is 8.21. The molecule has 0 aliphatic carbocycles. The largest absolute Gasteiger partial charge is 0.385 e. The second-order valence-corrected chi connectivity index (χ2v) is 5.69. The summed E-state index contributed by atoms with van der Waals surface area (Å²) >= 11 is 0. The number of Topliss-reactive ketones (excluding diaryl/α,β-unsaturated/α-hetero) is 1. The molecule has 142 valence electrons. The molecule has 1 aromatic rings. The van der Waals surface area contributed by atoms with Gasteiger partial charge in [-0.2, -0.15) is 0 Å². The van der Waals surface area contributed by atoms with E-state index < -0.39 is 103 Å². The highest BCUT2D eigenvalue weighted by Gasteiger charge is 2.32. The Balaban J connectivity index is 2.70. The van der Waals surface area contributed by atoms with Crippen molar-refractivity contribution in [2.24, 2.45) is 11.8 Å². The minimum atomic E-state index is -3.35. The monoisotopic (exact) mass is 374 g/mol. The Labute approximate surface area is 174 Å². The maximum absolute atomic E-state index is 13.4. The first-order valence-electron chi connectivity index (χ1n) is 14.5. The number of amides is 2. The highest BCUT2D eigenvalue weighted by Crippen LogP contribution is 2.25. The Kier molecular flexibility index (Phi) is 2.67. The lowest BCUT2D eigenvalue weighted by Crippen LogP contribution is -2.43. The fraction of sp³-hybridized carbons (Fsp3) is 0.550. The topological polar surface area (TPSA) is 86.7 Å². The Bertz CT molecular complexity index is 1260. The minimum absolute atomic E-state index is 0.102. The molecule has 1 heterocycles. The van der Waals surface area contributed by atoms with Crippen molar-refractivity contribution in [1.82, 2.24) is 10.2 Å². The van der Waals surface area contributed by atoms with E-state index in [0.29, 0.717) is 0 Å². The van der Waals surface area contributed by atoms with E-state index >= 15 is 0 Å². The summed E-state index contributed by atoms with van der Waals surface area (Å²) in [5.41, 5.74) is -2.25. The molecule has 6 heteroatoms. The van der Waals surface area contributed by atoms with E-state index in [1.54, 1.807) is 5.32 Å². The summed E-state index contributed by atoms with van der Waals surface area (Å²) in [6.45, 7) is -4.93. The number of aliphatic hydroxyl groups excluding tert-OH is 1. The predicted molar refractivity (Wildman–Crippen MR) is 98.3 cm³/mol. The number of nitrogens with one attached hydrogen (secondary N) is 1. The van der Waals surface area contributed by atoms with Crippen LogP contribution in [0.15, 0.2) is 24.2 Å². The van der Waals surface area contributed by atoms with Gasteiger partial charge in [0.05, 0.1) is 6.85 Å². The maximum Gasteiger partial charge on any atom is 0.249 e. The molecule has 1 aliphatic rings. The zero-order chi connectivity index (χ0) is 31.8. The number of aliphatic hydroxyl groups is 1. The average molecular weight is 375 g/mol. The van der Waals surface area contributed by atoms with Crippen molar-refractivity contribution >= 4 is 17.6 Å². The number of likely N-dealkylation sites (N-methyl/N-ethyl adjacent to an activating group) is 1. The van der Waals surface area contributed by atoms with Gasteiger partial charge in [-0.3, -0.25) is 14.4 Å². The van der Waals surface area contributed by atoms with E-state index in [0.717, 1.165) is 20.9 Å². The fourth-order valence-corrected chi connectivity index (χ4v) is 2.07. The van der Waals surface area contributed by atoms with Crippen LogP contribution in [0.4, 0.5) is 0 Å². The third kappa shape index (κ3) is 4.49. The highest BCUT2D eigenvalue weighted by atomic mass is 16.3. The van der Waals surface area contributed by atoms with Crippen molar-refractivity contribution < 1.29 is 38.7 Å². The van der Waals surface area contributed by atoms with Gasteiger partial charge in [0.25, 0.3) is 0 Å². The molecule has 0 aromatic heterocycles. The van der Waals surface area contributed by atoms with Crippen molar-refractivity contribution in [3.05, 3.63) is 35.3 Å². The van der Waals surface area contributed by atoms with Gasteiger partial charge < -0.3 is 15.3 Å². The lowest BCUT2D eigenvalue weighted by molar-refractivity contribution is -0.137. The summed E-state index contributed by atoms with van der Waals surface area (Å²) in [6, 6.07) is -7.65. The number of carbonyl (C=O) groups is 3. The van der Waals surface area contributed by atoms with Gasteiger partial charge in [-0.25, -0.2) is 0 Å². The van der Waals surface area contributed by atoms with E-state index in [2.05, 4.69) is 0 Å². The Morgan fingerprint density at radius 3 is 2.92 bits per heavy atom. The molecule has 2 rings (SSSR count). The van der Waals surface area contributed by atoms with Gasteiger partial charge in [0.2, 0.25) is 11.8 Å². The van der Waals surface area contributed by atoms with Crippen molar-refractivity contribution in [3.63, 3.8) is 0 Å². The molecular weight excluding hydrogens is 332 g/mol. The predicted octanol–water partition coefficient (Wildman–Crippen LogP) is 1.47. The SMILES string of the molecule is [2H]c1c([2H])c([2H])c2c(c1[2H])C([2H])([2H])C([2H])([2H])N(C)C(=O)[C@@]2([2H])NC(=O)[C@]([2H])(C)CC(=O)[C@@H](O)C([2H])(C)C([2H])([2H])[2H]. The van der Waals surface area contributed by atoms with Crippen LogP contribution in [0.5, 0.6) is 0 Å². The van der Waals surface area contributed by atoms with Gasteiger partial charge in [-0.05, 0) is 23.4 Å². The number of nitrogens with zero attached hydrogens (tertiary/aromatic N) is 1. The molecular formula is C20H28N2O4. The number of hydrogen-bond acceptors (Lipinski definition) is 4. The summed E-state index contributed by atoms with van der Waals surface area (Å²) < 4.78 is 113. The van der Waals surface area contributed by atoms with Crippen LogP contribution in [-0.2, 0) is 20.8 Å². The standard InChI is InChI=1S/C20H28N2O4/c1-12(2)18(24)16(23)11-13(3)19(25)21-17-15-8-6-5-7-14(15)9-10-22(4)20(17)26/h5-8,12-13,17-18,24H,9-11H2,1-4H3,(H,21,25)/t13-,17+,18+/m1/s1/i1D3,5D,6D,7D,8D,9D2,10D2,12D,13D,17D/t12?,13-,17+,18+. The number of benzene rings is 1.